The van der Waals surface area contributed by atoms with E-state index in [1.54, 1.807) is 17.9 Å². The van der Waals surface area contributed by atoms with Crippen molar-refractivity contribution >= 4 is 21.6 Å². The van der Waals surface area contributed by atoms with Gasteiger partial charge in [-0.2, -0.15) is 0 Å². The molecule has 0 radical (unpaired) electrons. The Morgan fingerprint density at radius 3 is 3.12 bits per heavy atom. The van der Waals surface area contributed by atoms with E-state index in [0.29, 0.717) is 0 Å². The molecule has 2 aromatic heterocycles. The molecule has 0 saturated carbocycles. The van der Waals surface area contributed by atoms with Gasteiger partial charge in [0.05, 0.1) is 16.5 Å². The van der Waals surface area contributed by atoms with E-state index >= 15 is 0 Å². The number of nitrogens with one attached hydrogen (secondary N) is 1. The average Bonchev–Trinajstić information content (AvgIpc) is 2.91. The fourth-order valence-corrected chi connectivity index (χ4v) is 2.74. The molecule has 3 aromatic rings. The SMILES string of the molecule is Cn1c(=O)sc2ccc(Cc3cnc[nH]3)cc21. The first kappa shape index (κ1) is 10.3. The first-order chi connectivity index (χ1) is 8.24. The van der Waals surface area contributed by atoms with Crippen LogP contribution in [0.4, 0.5) is 0 Å². The van der Waals surface area contributed by atoms with E-state index in [9.17, 15) is 4.79 Å². The number of aromatic amines is 1. The molecule has 1 aromatic carbocycles. The second kappa shape index (κ2) is 3.85. The number of benzene rings is 1. The fraction of sp³-hybridized carbons (Fsp3) is 0.167. The van der Waals surface area contributed by atoms with Gasteiger partial charge in [-0.3, -0.25) is 4.79 Å². The number of H-pyrrole nitrogens is 1. The van der Waals surface area contributed by atoms with Crippen LogP contribution in [-0.4, -0.2) is 14.5 Å². The van der Waals surface area contributed by atoms with E-state index in [-0.39, 0.29) is 4.87 Å². The minimum Gasteiger partial charge on any atom is -0.348 e. The summed E-state index contributed by atoms with van der Waals surface area (Å²) in [4.78, 5) is 18.7. The summed E-state index contributed by atoms with van der Waals surface area (Å²) in [6.45, 7) is 0. The lowest BCUT2D eigenvalue weighted by Gasteiger charge is -2.00. The maximum atomic E-state index is 11.5. The molecule has 2 heterocycles. The highest BCUT2D eigenvalue weighted by molar-refractivity contribution is 7.16. The van der Waals surface area contributed by atoms with Crippen molar-refractivity contribution in [2.24, 2.45) is 7.05 Å². The van der Waals surface area contributed by atoms with Crippen LogP contribution in [0.3, 0.4) is 0 Å². The highest BCUT2D eigenvalue weighted by atomic mass is 32.1. The van der Waals surface area contributed by atoms with Gasteiger partial charge in [0.15, 0.2) is 0 Å². The molecular formula is C12H11N3OS. The van der Waals surface area contributed by atoms with Crippen molar-refractivity contribution in [1.82, 2.24) is 14.5 Å². The van der Waals surface area contributed by atoms with Crippen LogP contribution in [0.15, 0.2) is 35.5 Å². The van der Waals surface area contributed by atoms with Gasteiger partial charge in [0.1, 0.15) is 0 Å². The third kappa shape index (κ3) is 1.78. The lowest BCUT2D eigenvalue weighted by molar-refractivity contribution is 0.936. The maximum absolute atomic E-state index is 11.5. The van der Waals surface area contributed by atoms with Crippen molar-refractivity contribution in [3.05, 3.63) is 51.6 Å². The molecule has 0 unspecified atom stereocenters. The number of aromatic nitrogens is 3. The average molecular weight is 245 g/mol. The minimum absolute atomic E-state index is 0.0821. The van der Waals surface area contributed by atoms with Gasteiger partial charge in [0.2, 0.25) is 0 Å². The molecule has 1 N–H and O–H groups in total. The van der Waals surface area contributed by atoms with Gasteiger partial charge in [-0.1, -0.05) is 17.4 Å². The molecule has 0 aliphatic carbocycles. The van der Waals surface area contributed by atoms with Gasteiger partial charge >= 0.3 is 4.87 Å². The topological polar surface area (TPSA) is 50.7 Å². The third-order valence-corrected chi connectivity index (χ3v) is 3.82. The van der Waals surface area contributed by atoms with Gasteiger partial charge in [-0.05, 0) is 17.7 Å². The zero-order valence-corrected chi connectivity index (χ0v) is 10.1. The van der Waals surface area contributed by atoms with Gasteiger partial charge in [0, 0.05) is 25.4 Å². The standard InChI is InChI=1S/C12H11N3OS/c1-15-10-5-8(4-9-6-13-7-14-9)2-3-11(10)17-12(15)16/h2-3,5-7H,4H2,1H3,(H,13,14). The van der Waals surface area contributed by atoms with Crippen LogP contribution in [0.2, 0.25) is 0 Å². The van der Waals surface area contributed by atoms with Crippen LogP contribution in [0.5, 0.6) is 0 Å². The summed E-state index contributed by atoms with van der Waals surface area (Å²) in [7, 11) is 1.81. The Morgan fingerprint density at radius 1 is 1.47 bits per heavy atom. The van der Waals surface area contributed by atoms with E-state index in [2.05, 4.69) is 22.1 Å². The van der Waals surface area contributed by atoms with Crippen LogP contribution in [0.25, 0.3) is 10.2 Å². The van der Waals surface area contributed by atoms with E-state index < -0.39 is 0 Å². The lowest BCUT2D eigenvalue weighted by Crippen LogP contribution is -2.06. The zero-order chi connectivity index (χ0) is 11.8. The summed E-state index contributed by atoms with van der Waals surface area (Å²) in [5.41, 5.74) is 3.25. The number of nitrogens with zero attached hydrogens (tertiary/aromatic N) is 2. The first-order valence-electron chi connectivity index (χ1n) is 5.30. The predicted octanol–water partition coefficient (Wildman–Crippen LogP) is 1.91. The smallest absolute Gasteiger partial charge is 0.307 e. The number of hydrogen-bond donors (Lipinski definition) is 1. The Balaban J connectivity index is 2.07. The molecule has 0 fully saturated rings. The predicted molar refractivity (Wildman–Crippen MR) is 68.5 cm³/mol. The Hall–Kier alpha value is -1.88. The molecule has 0 saturated heterocycles. The Morgan fingerprint density at radius 2 is 2.35 bits per heavy atom. The fourth-order valence-electron chi connectivity index (χ4n) is 1.88. The normalized spacial score (nSPS) is 11.1. The summed E-state index contributed by atoms with van der Waals surface area (Å²) < 4.78 is 2.72. The third-order valence-electron chi connectivity index (χ3n) is 2.81. The molecule has 0 aliphatic heterocycles. The van der Waals surface area contributed by atoms with Crippen LogP contribution in [-0.2, 0) is 13.5 Å². The minimum atomic E-state index is 0.0821. The van der Waals surface area contributed by atoms with E-state index in [1.807, 2.05) is 12.3 Å². The molecule has 17 heavy (non-hydrogen) atoms. The van der Waals surface area contributed by atoms with Crippen molar-refractivity contribution in [3.63, 3.8) is 0 Å². The highest BCUT2D eigenvalue weighted by Gasteiger charge is 2.05. The number of imidazole rings is 1. The summed E-state index contributed by atoms with van der Waals surface area (Å²) in [5.74, 6) is 0. The van der Waals surface area contributed by atoms with Crippen molar-refractivity contribution in [2.75, 3.05) is 0 Å². The molecule has 3 rings (SSSR count). The molecular weight excluding hydrogens is 234 g/mol. The molecule has 0 atom stereocenters. The summed E-state index contributed by atoms with van der Waals surface area (Å²) >= 11 is 1.28. The number of fused-ring (bicyclic) bond motifs is 1. The molecule has 0 amide bonds. The molecule has 86 valence electrons. The number of rotatable bonds is 2. The number of thiazole rings is 1. The Kier molecular flexibility index (Phi) is 2.33. The van der Waals surface area contributed by atoms with Crippen molar-refractivity contribution in [3.8, 4) is 0 Å². The molecule has 0 bridgehead atoms. The second-order valence-electron chi connectivity index (χ2n) is 3.98. The highest BCUT2D eigenvalue weighted by Crippen LogP contribution is 2.19. The second-order valence-corrected chi connectivity index (χ2v) is 4.98. The van der Waals surface area contributed by atoms with Crippen LogP contribution in [0.1, 0.15) is 11.3 Å². The van der Waals surface area contributed by atoms with Crippen molar-refractivity contribution < 1.29 is 0 Å². The molecule has 5 heteroatoms. The van der Waals surface area contributed by atoms with Crippen LogP contribution in [0, 0.1) is 0 Å². The Bertz CT molecular complexity index is 709. The summed E-state index contributed by atoms with van der Waals surface area (Å²) in [5, 5.41) is 0. The van der Waals surface area contributed by atoms with Gasteiger partial charge < -0.3 is 9.55 Å². The first-order valence-corrected chi connectivity index (χ1v) is 6.11. The van der Waals surface area contributed by atoms with Gasteiger partial charge in [-0.25, -0.2) is 4.98 Å². The summed E-state index contributed by atoms with van der Waals surface area (Å²) in [6, 6.07) is 6.13. The van der Waals surface area contributed by atoms with Gasteiger partial charge in [0.25, 0.3) is 0 Å². The van der Waals surface area contributed by atoms with Crippen LogP contribution < -0.4 is 4.87 Å². The molecule has 0 aliphatic rings. The van der Waals surface area contributed by atoms with E-state index in [0.717, 1.165) is 22.3 Å². The lowest BCUT2D eigenvalue weighted by atomic mass is 10.1. The molecule has 0 spiro atoms. The van der Waals surface area contributed by atoms with Crippen molar-refractivity contribution in [2.45, 2.75) is 6.42 Å². The monoisotopic (exact) mass is 245 g/mol. The largest absolute Gasteiger partial charge is 0.348 e. The van der Waals surface area contributed by atoms with Crippen LogP contribution >= 0.6 is 11.3 Å². The number of aryl methyl sites for hydroxylation is 1. The van der Waals surface area contributed by atoms with E-state index in [4.69, 9.17) is 0 Å². The zero-order valence-electron chi connectivity index (χ0n) is 9.30. The Labute approximate surface area is 102 Å². The quantitative estimate of drug-likeness (QED) is 0.750. The summed E-state index contributed by atoms with van der Waals surface area (Å²) in [6.07, 6.45) is 4.30. The maximum Gasteiger partial charge on any atom is 0.307 e. The van der Waals surface area contributed by atoms with E-state index in [1.165, 1.54) is 16.9 Å². The number of hydrogen-bond acceptors (Lipinski definition) is 3. The van der Waals surface area contributed by atoms with Crippen molar-refractivity contribution in [1.29, 1.82) is 0 Å². The van der Waals surface area contributed by atoms with Gasteiger partial charge in [-0.15, -0.1) is 0 Å². The molecule has 4 nitrogen and oxygen atoms in total.